The minimum absolute atomic E-state index is 0.417. The lowest BCUT2D eigenvalue weighted by molar-refractivity contribution is -0.135. The molecule has 0 spiro atoms. The molecule has 12 heavy (non-hydrogen) atoms. The van der Waals surface area contributed by atoms with E-state index in [2.05, 4.69) is 4.74 Å². The number of esters is 1. The lowest BCUT2D eigenvalue weighted by Gasteiger charge is -2.03. The first-order valence-corrected chi connectivity index (χ1v) is 3.56. The number of benzene rings is 1. The van der Waals surface area contributed by atoms with Crippen LogP contribution in [0.15, 0.2) is 24.3 Å². The van der Waals surface area contributed by atoms with Crippen molar-refractivity contribution in [3.8, 4) is 5.75 Å². The summed E-state index contributed by atoms with van der Waals surface area (Å²) in [7, 11) is 0. The molecule has 0 aliphatic carbocycles. The largest absolute Gasteiger partial charge is 0.424 e. The van der Waals surface area contributed by atoms with Crippen LogP contribution < -0.4 is 4.74 Å². The Morgan fingerprint density at radius 1 is 1.50 bits per heavy atom. The van der Waals surface area contributed by atoms with Crippen LogP contribution in [0.5, 0.6) is 5.75 Å². The van der Waals surface area contributed by atoms with E-state index >= 15 is 0 Å². The topological polar surface area (TPSA) is 26.3 Å². The predicted molar refractivity (Wildman–Crippen MR) is 42.8 cm³/mol. The summed E-state index contributed by atoms with van der Waals surface area (Å²) in [5, 5.41) is 0. The van der Waals surface area contributed by atoms with Gasteiger partial charge in [0.15, 0.2) is 6.67 Å². The minimum Gasteiger partial charge on any atom is -0.424 e. The van der Waals surface area contributed by atoms with Crippen molar-refractivity contribution >= 4 is 5.97 Å². The monoisotopic (exact) mass is 168 g/mol. The number of para-hydroxylation sites is 1. The summed E-state index contributed by atoms with van der Waals surface area (Å²) in [4.78, 5) is 10.5. The molecular weight excluding hydrogens is 159 g/mol. The molecule has 0 bridgehead atoms. The number of aryl methyl sites for hydroxylation is 1. The Morgan fingerprint density at radius 3 is 2.75 bits per heavy atom. The van der Waals surface area contributed by atoms with Crippen LogP contribution in [0, 0.1) is 6.92 Å². The van der Waals surface area contributed by atoms with Gasteiger partial charge in [-0.3, -0.25) is 0 Å². The summed E-state index contributed by atoms with van der Waals surface area (Å²) in [5.41, 5.74) is 0.819. The highest BCUT2D eigenvalue weighted by Crippen LogP contribution is 2.15. The van der Waals surface area contributed by atoms with Crippen molar-refractivity contribution in [2.75, 3.05) is 6.67 Å². The Hall–Kier alpha value is -1.38. The molecule has 0 aliphatic rings. The van der Waals surface area contributed by atoms with E-state index in [4.69, 9.17) is 0 Å². The molecule has 0 heterocycles. The molecule has 0 saturated heterocycles. The Kier molecular flexibility index (Phi) is 2.80. The van der Waals surface area contributed by atoms with Gasteiger partial charge >= 0.3 is 5.97 Å². The Labute approximate surface area is 70.0 Å². The molecule has 0 aliphatic heterocycles. The van der Waals surface area contributed by atoms with E-state index in [9.17, 15) is 9.18 Å². The fourth-order valence-corrected chi connectivity index (χ4v) is 0.821. The van der Waals surface area contributed by atoms with Crippen molar-refractivity contribution in [3.63, 3.8) is 0 Å². The zero-order chi connectivity index (χ0) is 8.97. The minimum atomic E-state index is -1.09. The van der Waals surface area contributed by atoms with Crippen LogP contribution in [-0.2, 0) is 4.79 Å². The second kappa shape index (κ2) is 3.85. The van der Waals surface area contributed by atoms with Crippen molar-refractivity contribution in [2.24, 2.45) is 0 Å². The van der Waals surface area contributed by atoms with Gasteiger partial charge in [0, 0.05) is 0 Å². The smallest absolute Gasteiger partial charge is 0.342 e. The van der Waals surface area contributed by atoms with Gasteiger partial charge in [0.2, 0.25) is 0 Å². The van der Waals surface area contributed by atoms with Crippen molar-refractivity contribution in [1.29, 1.82) is 0 Å². The van der Waals surface area contributed by atoms with Gasteiger partial charge in [-0.2, -0.15) is 0 Å². The fraction of sp³-hybridized carbons (Fsp3) is 0.222. The van der Waals surface area contributed by atoms with Gasteiger partial charge < -0.3 is 4.74 Å². The van der Waals surface area contributed by atoms with Crippen LogP contribution in [0.1, 0.15) is 5.56 Å². The lowest BCUT2D eigenvalue weighted by atomic mass is 10.2. The number of hydrogen-bond donors (Lipinski definition) is 0. The second-order valence-corrected chi connectivity index (χ2v) is 2.37. The van der Waals surface area contributed by atoms with Crippen LogP contribution in [0.25, 0.3) is 0 Å². The van der Waals surface area contributed by atoms with Gasteiger partial charge in [0.05, 0.1) is 0 Å². The van der Waals surface area contributed by atoms with E-state index in [-0.39, 0.29) is 0 Å². The zero-order valence-corrected chi connectivity index (χ0v) is 6.71. The van der Waals surface area contributed by atoms with Gasteiger partial charge in [-0.25, -0.2) is 9.18 Å². The summed E-state index contributed by atoms with van der Waals surface area (Å²) in [6.07, 6.45) is 0. The Balaban J connectivity index is 2.75. The molecule has 0 amide bonds. The fourth-order valence-electron chi connectivity index (χ4n) is 0.821. The molecule has 0 N–H and O–H groups in total. The molecule has 0 saturated carbocycles. The van der Waals surface area contributed by atoms with Crippen molar-refractivity contribution in [1.82, 2.24) is 0 Å². The highest BCUT2D eigenvalue weighted by molar-refractivity contribution is 5.73. The van der Waals surface area contributed by atoms with Crippen molar-refractivity contribution in [3.05, 3.63) is 29.8 Å². The van der Waals surface area contributed by atoms with E-state index in [1.54, 1.807) is 25.1 Å². The van der Waals surface area contributed by atoms with E-state index in [0.29, 0.717) is 5.75 Å². The molecule has 0 radical (unpaired) electrons. The molecule has 1 rings (SSSR count). The third kappa shape index (κ3) is 2.05. The molecule has 3 heteroatoms. The maximum Gasteiger partial charge on any atom is 0.342 e. The number of halogens is 1. The van der Waals surface area contributed by atoms with E-state index < -0.39 is 12.6 Å². The molecule has 1 aromatic rings. The average molecular weight is 168 g/mol. The molecule has 0 unspecified atom stereocenters. The lowest BCUT2D eigenvalue weighted by Crippen LogP contribution is -2.10. The normalized spacial score (nSPS) is 9.50. The summed E-state index contributed by atoms with van der Waals surface area (Å²) >= 11 is 0. The average Bonchev–Trinajstić information content (AvgIpc) is 2.09. The van der Waals surface area contributed by atoms with Gasteiger partial charge in [-0.05, 0) is 18.6 Å². The summed E-state index contributed by atoms with van der Waals surface area (Å²) in [6, 6.07) is 6.97. The third-order valence-electron chi connectivity index (χ3n) is 1.43. The van der Waals surface area contributed by atoms with Crippen LogP contribution in [0.3, 0.4) is 0 Å². The maximum atomic E-state index is 11.7. The number of carbonyl (C=O) groups excluding carboxylic acids is 1. The highest BCUT2D eigenvalue weighted by atomic mass is 19.1. The molecular formula is C9H9FO2. The predicted octanol–water partition coefficient (Wildman–Crippen LogP) is 1.87. The van der Waals surface area contributed by atoms with E-state index in [0.717, 1.165) is 5.56 Å². The number of rotatable bonds is 2. The summed E-state index contributed by atoms with van der Waals surface area (Å²) in [5.74, 6) is -0.440. The first-order chi connectivity index (χ1) is 5.74. The maximum absolute atomic E-state index is 11.7. The Bertz CT molecular complexity index is 284. The van der Waals surface area contributed by atoms with Crippen molar-refractivity contribution in [2.45, 2.75) is 6.92 Å². The quantitative estimate of drug-likeness (QED) is 0.497. The van der Waals surface area contributed by atoms with Gasteiger partial charge in [-0.15, -0.1) is 0 Å². The molecule has 0 fully saturated rings. The molecule has 1 aromatic carbocycles. The van der Waals surface area contributed by atoms with Crippen LogP contribution >= 0.6 is 0 Å². The molecule has 64 valence electrons. The first-order valence-electron chi connectivity index (χ1n) is 3.56. The summed E-state index contributed by atoms with van der Waals surface area (Å²) in [6.45, 7) is 0.704. The first kappa shape index (κ1) is 8.71. The number of hydrogen-bond acceptors (Lipinski definition) is 2. The third-order valence-corrected chi connectivity index (χ3v) is 1.43. The van der Waals surface area contributed by atoms with Crippen LogP contribution in [0.2, 0.25) is 0 Å². The van der Waals surface area contributed by atoms with Crippen LogP contribution in [0.4, 0.5) is 4.39 Å². The zero-order valence-electron chi connectivity index (χ0n) is 6.71. The highest BCUT2D eigenvalue weighted by Gasteiger charge is 2.04. The molecule has 2 nitrogen and oxygen atoms in total. The van der Waals surface area contributed by atoms with Gasteiger partial charge in [0.1, 0.15) is 5.75 Å². The van der Waals surface area contributed by atoms with E-state index in [1.165, 1.54) is 0 Å². The number of alkyl halides is 1. The van der Waals surface area contributed by atoms with Crippen LogP contribution in [-0.4, -0.2) is 12.6 Å². The van der Waals surface area contributed by atoms with Crippen molar-refractivity contribution < 1.29 is 13.9 Å². The van der Waals surface area contributed by atoms with E-state index in [1.807, 2.05) is 6.07 Å². The number of ether oxygens (including phenoxy) is 1. The molecule has 0 atom stereocenters. The van der Waals surface area contributed by atoms with Gasteiger partial charge in [0.25, 0.3) is 0 Å². The second-order valence-electron chi connectivity index (χ2n) is 2.37. The molecule has 0 aromatic heterocycles. The standard InChI is InChI=1S/C9H9FO2/c1-7-4-2-3-5-8(7)12-9(11)6-10/h2-5H,6H2,1H3. The summed E-state index contributed by atoms with van der Waals surface area (Å²) < 4.78 is 16.4. The number of carbonyl (C=O) groups is 1. The Morgan fingerprint density at radius 2 is 2.17 bits per heavy atom. The SMILES string of the molecule is Cc1ccccc1OC(=O)CF. The van der Waals surface area contributed by atoms with Gasteiger partial charge in [-0.1, -0.05) is 18.2 Å².